The van der Waals surface area contributed by atoms with E-state index in [9.17, 15) is 4.79 Å². The summed E-state index contributed by atoms with van der Waals surface area (Å²) < 4.78 is 1.78. The van der Waals surface area contributed by atoms with Gasteiger partial charge in [-0.2, -0.15) is 5.10 Å². The molecule has 3 aromatic carbocycles. The lowest BCUT2D eigenvalue weighted by molar-refractivity contribution is 0.708. The molecule has 2 aromatic heterocycles. The standard InChI is InChI=1S/C29H24N4O/c1-18-12-14-20(15-13-18)21-16-24(27-19(2)31-32-26(27)17-21)28-30-25-11-7-6-10-23(25)29(34)33(28)22-8-4-3-5-9-22/h3-15,17,24H,16H2,1-2H3,(H,31,32). The Morgan fingerprint density at radius 2 is 1.65 bits per heavy atom. The van der Waals surface area contributed by atoms with Gasteiger partial charge >= 0.3 is 0 Å². The summed E-state index contributed by atoms with van der Waals surface area (Å²) in [5.74, 6) is 0.617. The van der Waals surface area contributed by atoms with E-state index in [1.165, 1.54) is 11.1 Å². The van der Waals surface area contributed by atoms with Gasteiger partial charge in [-0.15, -0.1) is 0 Å². The van der Waals surface area contributed by atoms with Gasteiger partial charge in [-0.05, 0) is 61.7 Å². The van der Waals surface area contributed by atoms with Crippen LogP contribution >= 0.6 is 0 Å². The Balaban J connectivity index is 1.62. The predicted octanol–water partition coefficient (Wildman–Crippen LogP) is 5.80. The molecule has 0 aliphatic heterocycles. The van der Waals surface area contributed by atoms with Gasteiger partial charge in [-0.25, -0.2) is 4.98 Å². The van der Waals surface area contributed by atoms with Crippen molar-refractivity contribution >= 4 is 22.6 Å². The van der Waals surface area contributed by atoms with Gasteiger partial charge in [0.1, 0.15) is 5.82 Å². The van der Waals surface area contributed by atoms with Gasteiger partial charge in [0.25, 0.3) is 5.56 Å². The number of allylic oxidation sites excluding steroid dienone is 1. The maximum Gasteiger partial charge on any atom is 0.265 e. The van der Waals surface area contributed by atoms with E-state index in [0.29, 0.717) is 10.9 Å². The van der Waals surface area contributed by atoms with Crippen molar-refractivity contribution in [2.45, 2.75) is 26.2 Å². The Hall–Kier alpha value is -4.25. The van der Waals surface area contributed by atoms with Crippen LogP contribution in [0.4, 0.5) is 0 Å². The average molecular weight is 445 g/mol. The molecule has 0 amide bonds. The molecule has 0 saturated carbocycles. The molecule has 0 saturated heterocycles. The first-order chi connectivity index (χ1) is 16.6. The molecule has 6 rings (SSSR count). The van der Waals surface area contributed by atoms with Crippen LogP contribution in [0.2, 0.25) is 0 Å². The third kappa shape index (κ3) is 3.28. The third-order valence-corrected chi connectivity index (χ3v) is 6.66. The molecule has 166 valence electrons. The molecule has 0 bridgehead atoms. The number of rotatable bonds is 3. The maximum absolute atomic E-state index is 13.8. The molecular weight excluding hydrogens is 420 g/mol. The zero-order valence-corrected chi connectivity index (χ0v) is 19.1. The normalized spacial score (nSPS) is 15.2. The average Bonchev–Trinajstić information content (AvgIpc) is 3.25. The van der Waals surface area contributed by atoms with Crippen molar-refractivity contribution in [1.29, 1.82) is 0 Å². The lowest BCUT2D eigenvalue weighted by atomic mass is 9.82. The van der Waals surface area contributed by atoms with E-state index < -0.39 is 0 Å². The number of aromatic nitrogens is 4. The lowest BCUT2D eigenvalue weighted by Crippen LogP contribution is -2.27. The van der Waals surface area contributed by atoms with E-state index in [1.807, 2.05) is 61.5 Å². The fourth-order valence-electron chi connectivity index (χ4n) is 4.95. The molecule has 1 unspecified atom stereocenters. The summed E-state index contributed by atoms with van der Waals surface area (Å²) in [7, 11) is 0. The smallest absolute Gasteiger partial charge is 0.265 e. The second kappa shape index (κ2) is 7.96. The summed E-state index contributed by atoms with van der Waals surface area (Å²) in [5.41, 5.74) is 8.05. The minimum absolute atomic E-state index is 0.0547. The monoisotopic (exact) mass is 444 g/mol. The minimum atomic E-state index is -0.118. The van der Waals surface area contributed by atoms with Crippen molar-refractivity contribution in [3.63, 3.8) is 0 Å². The molecule has 1 N–H and O–H groups in total. The lowest BCUT2D eigenvalue weighted by Gasteiger charge is -2.26. The van der Waals surface area contributed by atoms with Gasteiger partial charge in [0, 0.05) is 11.3 Å². The SMILES string of the molecule is Cc1ccc(C2=Cc3n[nH]c(C)c3C(c3nc4ccccc4c(=O)n3-c3ccccc3)C2)cc1. The molecule has 0 fully saturated rings. The largest absolute Gasteiger partial charge is 0.282 e. The molecular formula is C29H24N4O. The van der Waals surface area contributed by atoms with Crippen LogP contribution in [0.5, 0.6) is 0 Å². The van der Waals surface area contributed by atoms with Gasteiger partial charge in [0.2, 0.25) is 0 Å². The molecule has 1 aliphatic rings. The number of nitrogens with one attached hydrogen (secondary N) is 1. The van der Waals surface area contributed by atoms with E-state index in [0.717, 1.165) is 40.4 Å². The molecule has 34 heavy (non-hydrogen) atoms. The Bertz CT molecular complexity index is 1610. The number of benzene rings is 3. The first-order valence-electron chi connectivity index (χ1n) is 11.5. The summed E-state index contributed by atoms with van der Waals surface area (Å²) in [4.78, 5) is 18.9. The van der Waals surface area contributed by atoms with Gasteiger partial charge in [0.05, 0.1) is 28.2 Å². The highest BCUT2D eigenvalue weighted by molar-refractivity contribution is 5.85. The third-order valence-electron chi connectivity index (χ3n) is 6.66. The first-order valence-corrected chi connectivity index (χ1v) is 11.5. The summed E-state index contributed by atoms with van der Waals surface area (Å²) in [6.07, 6.45) is 2.89. The molecule has 5 heteroatoms. The van der Waals surface area contributed by atoms with E-state index in [1.54, 1.807) is 4.57 Å². The quantitative estimate of drug-likeness (QED) is 0.382. The predicted molar refractivity (Wildman–Crippen MR) is 136 cm³/mol. The number of hydrogen-bond acceptors (Lipinski definition) is 3. The summed E-state index contributed by atoms with van der Waals surface area (Å²) >= 11 is 0. The number of para-hydroxylation sites is 2. The van der Waals surface area contributed by atoms with Gasteiger partial charge in [0.15, 0.2) is 0 Å². The van der Waals surface area contributed by atoms with Crippen molar-refractivity contribution in [2.75, 3.05) is 0 Å². The number of H-pyrrole nitrogens is 1. The van der Waals surface area contributed by atoms with Crippen LogP contribution in [-0.2, 0) is 0 Å². The fourth-order valence-corrected chi connectivity index (χ4v) is 4.95. The van der Waals surface area contributed by atoms with Crippen LogP contribution in [-0.4, -0.2) is 19.7 Å². The van der Waals surface area contributed by atoms with Crippen LogP contribution in [0.3, 0.4) is 0 Å². The molecule has 0 radical (unpaired) electrons. The van der Waals surface area contributed by atoms with Crippen molar-refractivity contribution in [3.05, 3.63) is 123 Å². The number of aryl methyl sites for hydroxylation is 2. The van der Waals surface area contributed by atoms with Crippen molar-refractivity contribution in [2.24, 2.45) is 0 Å². The molecule has 2 heterocycles. The van der Waals surface area contributed by atoms with Gasteiger partial charge in [-0.3, -0.25) is 14.5 Å². The zero-order chi connectivity index (χ0) is 23.2. The van der Waals surface area contributed by atoms with Crippen LogP contribution in [0.15, 0.2) is 83.7 Å². The molecule has 1 aliphatic carbocycles. The van der Waals surface area contributed by atoms with Crippen LogP contribution < -0.4 is 5.56 Å². The second-order valence-corrected chi connectivity index (χ2v) is 8.90. The number of fused-ring (bicyclic) bond motifs is 2. The topological polar surface area (TPSA) is 63.6 Å². The van der Waals surface area contributed by atoms with E-state index in [2.05, 4.69) is 47.5 Å². The second-order valence-electron chi connectivity index (χ2n) is 8.90. The summed E-state index contributed by atoms with van der Waals surface area (Å²) in [5, 5.41) is 8.37. The number of aromatic amines is 1. The highest BCUT2D eigenvalue weighted by atomic mass is 16.1. The Kier molecular flexibility index (Phi) is 4.77. The number of hydrogen-bond donors (Lipinski definition) is 1. The Morgan fingerprint density at radius 3 is 2.44 bits per heavy atom. The number of nitrogens with zero attached hydrogens (tertiary/aromatic N) is 3. The summed E-state index contributed by atoms with van der Waals surface area (Å²) in [6, 6.07) is 25.9. The van der Waals surface area contributed by atoms with Gasteiger partial charge < -0.3 is 0 Å². The minimum Gasteiger partial charge on any atom is -0.282 e. The Morgan fingerprint density at radius 1 is 0.912 bits per heavy atom. The fraction of sp³-hybridized carbons (Fsp3) is 0.138. The van der Waals surface area contributed by atoms with E-state index in [4.69, 9.17) is 4.98 Å². The molecule has 1 atom stereocenters. The zero-order valence-electron chi connectivity index (χ0n) is 19.1. The van der Waals surface area contributed by atoms with Gasteiger partial charge in [-0.1, -0.05) is 60.2 Å². The maximum atomic E-state index is 13.8. The van der Waals surface area contributed by atoms with Crippen LogP contribution in [0.25, 0.3) is 28.2 Å². The van der Waals surface area contributed by atoms with E-state index >= 15 is 0 Å². The molecule has 5 aromatic rings. The van der Waals surface area contributed by atoms with Crippen molar-refractivity contribution in [3.8, 4) is 5.69 Å². The van der Waals surface area contributed by atoms with Crippen LogP contribution in [0, 0.1) is 13.8 Å². The molecule has 5 nitrogen and oxygen atoms in total. The Labute approximate surface area is 197 Å². The summed E-state index contributed by atoms with van der Waals surface area (Å²) in [6.45, 7) is 4.13. The highest BCUT2D eigenvalue weighted by Gasteiger charge is 2.31. The van der Waals surface area contributed by atoms with Crippen LogP contribution in [0.1, 0.15) is 46.2 Å². The molecule has 0 spiro atoms. The van der Waals surface area contributed by atoms with Crippen molar-refractivity contribution in [1.82, 2.24) is 19.7 Å². The van der Waals surface area contributed by atoms with Crippen molar-refractivity contribution < 1.29 is 0 Å². The first kappa shape index (κ1) is 20.4. The highest BCUT2D eigenvalue weighted by Crippen LogP contribution is 2.42. The van der Waals surface area contributed by atoms with E-state index in [-0.39, 0.29) is 11.5 Å².